The number of amides is 2. The minimum absolute atomic E-state index is 0.00361. The summed E-state index contributed by atoms with van der Waals surface area (Å²) in [5.74, 6) is -0.407. The summed E-state index contributed by atoms with van der Waals surface area (Å²) in [6, 6.07) is 13.2. The first-order valence-corrected chi connectivity index (χ1v) is 24.0. The Balaban J connectivity index is 0.906. The molecule has 370 valence electrons. The molecule has 1 unspecified atom stereocenters. The van der Waals surface area contributed by atoms with Gasteiger partial charge in [0.2, 0.25) is 5.91 Å². The molecule has 0 bridgehead atoms. The van der Waals surface area contributed by atoms with Gasteiger partial charge in [0.1, 0.15) is 16.9 Å². The summed E-state index contributed by atoms with van der Waals surface area (Å²) in [7, 11) is 1.62. The molecule has 18 heteroatoms. The molecule has 3 atom stereocenters. The maximum Gasteiger partial charge on any atom is 0.399 e. The number of aliphatic hydroxyl groups excluding tert-OH is 1. The Kier molecular flexibility index (Phi) is 12.7. The minimum Gasteiger partial charge on any atom is -0.392 e. The van der Waals surface area contributed by atoms with Crippen LogP contribution < -0.4 is 31.3 Å². The number of nitrogens with zero attached hydrogens (tertiary/aromatic N) is 9. The number of nitrogens with two attached hydrogens (primary N) is 1. The highest BCUT2D eigenvalue weighted by Crippen LogP contribution is 2.42. The van der Waals surface area contributed by atoms with E-state index in [4.69, 9.17) is 10.7 Å². The number of fused-ring (bicyclic) bond motifs is 3. The van der Waals surface area contributed by atoms with Gasteiger partial charge in [-0.1, -0.05) is 13.8 Å². The van der Waals surface area contributed by atoms with Crippen LogP contribution in [0, 0.1) is 5.41 Å². The minimum atomic E-state index is -4.41. The number of halogens is 3. The normalized spacial score (nSPS) is 20.8. The van der Waals surface area contributed by atoms with Crippen molar-refractivity contribution in [3.63, 3.8) is 0 Å². The van der Waals surface area contributed by atoms with Gasteiger partial charge in [0.25, 0.3) is 11.5 Å². The summed E-state index contributed by atoms with van der Waals surface area (Å²) >= 11 is 0. The van der Waals surface area contributed by atoms with Gasteiger partial charge in [0, 0.05) is 117 Å². The lowest BCUT2D eigenvalue weighted by molar-refractivity contribution is -0.181. The number of rotatable bonds is 11. The van der Waals surface area contributed by atoms with Crippen LogP contribution in [-0.2, 0) is 43.3 Å². The molecule has 5 aromatic rings. The van der Waals surface area contributed by atoms with Crippen LogP contribution in [0.25, 0.3) is 17.3 Å². The Morgan fingerprint density at radius 1 is 0.971 bits per heavy atom. The van der Waals surface area contributed by atoms with Crippen molar-refractivity contribution in [1.29, 1.82) is 0 Å². The molecule has 4 aromatic heterocycles. The smallest absolute Gasteiger partial charge is 0.392 e. The van der Waals surface area contributed by atoms with Crippen LogP contribution in [0.5, 0.6) is 0 Å². The highest BCUT2D eigenvalue weighted by molar-refractivity contribution is 6.06. The fourth-order valence-corrected chi connectivity index (χ4v) is 11.0. The molecule has 1 aliphatic carbocycles. The average Bonchev–Trinajstić information content (AvgIpc) is 3.81. The Bertz CT molecular complexity index is 2930. The zero-order valence-electron chi connectivity index (χ0n) is 40.8. The van der Waals surface area contributed by atoms with Crippen LogP contribution in [-0.4, -0.2) is 103 Å². The molecule has 0 saturated carbocycles. The van der Waals surface area contributed by atoms with E-state index in [1.165, 1.54) is 28.0 Å². The van der Waals surface area contributed by atoms with Gasteiger partial charge in [-0.25, -0.2) is 9.97 Å². The topological polar surface area (TPSA) is 171 Å². The van der Waals surface area contributed by atoms with Gasteiger partial charge in [0.15, 0.2) is 5.82 Å². The van der Waals surface area contributed by atoms with E-state index < -0.39 is 29.7 Å². The van der Waals surface area contributed by atoms with Crippen LogP contribution in [0.4, 0.5) is 41.9 Å². The second-order valence-electron chi connectivity index (χ2n) is 20.8. The highest BCUT2D eigenvalue weighted by atomic mass is 19.4. The number of nitrogens with one attached hydrogen (secondary N) is 1. The molecule has 7 heterocycles. The predicted molar refractivity (Wildman–Crippen MR) is 265 cm³/mol. The predicted octanol–water partition coefficient (Wildman–Crippen LogP) is 6.97. The van der Waals surface area contributed by atoms with Gasteiger partial charge in [-0.15, -0.1) is 0 Å². The van der Waals surface area contributed by atoms with E-state index in [1.54, 1.807) is 48.7 Å². The summed E-state index contributed by atoms with van der Waals surface area (Å²) in [4.78, 5) is 62.1. The Labute approximate surface area is 405 Å². The molecule has 1 aromatic carbocycles. The van der Waals surface area contributed by atoms with Gasteiger partial charge in [0.05, 0.1) is 29.9 Å². The van der Waals surface area contributed by atoms with E-state index in [9.17, 15) is 32.7 Å². The number of piperazine rings is 1. The van der Waals surface area contributed by atoms with Crippen LogP contribution in [0.15, 0.2) is 71.9 Å². The average molecular weight is 962 g/mol. The number of hydrogen-bond acceptors (Lipinski definition) is 11. The van der Waals surface area contributed by atoms with Gasteiger partial charge in [-0.05, 0) is 113 Å². The summed E-state index contributed by atoms with van der Waals surface area (Å²) in [6.45, 7) is 14.7. The SMILES string of the molecule is C[C@@H]1CC(N2CCN(c3ccc(Nc4nc(-c5ccnc(N6CCn7c(cc8c7CC(C)(C)C8)C6=O)c5CO)cn(C)c4=O)cc3C=CC(N)=O)[C@@H](C)C2)CCN1c1ccc(C(C)(C)C(F)(F)F)nc1. The fraction of sp³-hybridized carbons (Fsp3) is 0.462. The number of aliphatic hydroxyl groups is 1. The lowest BCUT2D eigenvalue weighted by Gasteiger charge is -2.48. The van der Waals surface area contributed by atoms with Crippen molar-refractivity contribution in [3.05, 3.63) is 111 Å². The van der Waals surface area contributed by atoms with E-state index in [2.05, 4.69) is 62.2 Å². The van der Waals surface area contributed by atoms with Crippen LogP contribution in [0.1, 0.15) is 93.0 Å². The summed E-state index contributed by atoms with van der Waals surface area (Å²) < 4.78 is 44.6. The number of carbonyl (C=O) groups is 2. The van der Waals surface area contributed by atoms with Crippen molar-refractivity contribution < 1.29 is 27.9 Å². The molecule has 0 spiro atoms. The number of primary amides is 1. The van der Waals surface area contributed by atoms with E-state index in [1.807, 2.05) is 24.3 Å². The number of aryl methyl sites for hydroxylation is 1. The van der Waals surface area contributed by atoms with Crippen molar-refractivity contribution >= 4 is 46.6 Å². The largest absolute Gasteiger partial charge is 0.399 e. The third-order valence-electron chi connectivity index (χ3n) is 14.9. The van der Waals surface area contributed by atoms with Crippen molar-refractivity contribution in [3.8, 4) is 11.3 Å². The molecule has 4 aliphatic rings. The molecule has 4 N–H and O–H groups in total. The molecule has 2 fully saturated rings. The van der Waals surface area contributed by atoms with Gasteiger partial charge in [-0.3, -0.25) is 29.2 Å². The highest BCUT2D eigenvalue weighted by Gasteiger charge is 2.49. The van der Waals surface area contributed by atoms with Crippen molar-refractivity contribution in [2.45, 2.75) is 110 Å². The van der Waals surface area contributed by atoms with Crippen molar-refractivity contribution in [1.82, 2.24) is 29.0 Å². The Morgan fingerprint density at radius 3 is 2.44 bits per heavy atom. The molecular weight excluding hydrogens is 900 g/mol. The quantitative estimate of drug-likeness (QED) is 0.117. The zero-order valence-corrected chi connectivity index (χ0v) is 40.8. The molecule has 9 rings (SSSR count). The number of hydrogen-bond donors (Lipinski definition) is 3. The molecular formula is C52H62F3N11O4. The second-order valence-corrected chi connectivity index (χ2v) is 20.8. The maximum atomic E-state index is 14.1. The first kappa shape index (κ1) is 48.5. The van der Waals surface area contributed by atoms with Gasteiger partial charge >= 0.3 is 6.18 Å². The molecule has 0 radical (unpaired) electrons. The van der Waals surface area contributed by atoms with E-state index in [-0.39, 0.29) is 34.9 Å². The molecule has 2 saturated heterocycles. The van der Waals surface area contributed by atoms with Crippen LogP contribution in [0.2, 0.25) is 0 Å². The monoisotopic (exact) mass is 961 g/mol. The Hall–Kier alpha value is -6.53. The number of carbonyl (C=O) groups excluding carboxylic acids is 2. The molecule has 15 nitrogen and oxygen atoms in total. The second kappa shape index (κ2) is 18.3. The summed E-state index contributed by atoms with van der Waals surface area (Å²) in [5, 5.41) is 14.1. The maximum absolute atomic E-state index is 14.1. The van der Waals surface area contributed by atoms with E-state index in [0.717, 1.165) is 70.5 Å². The summed E-state index contributed by atoms with van der Waals surface area (Å²) in [5.41, 5.74) is 10.6. The standard InChI is InChI=1S/C52H62F3N11O4/c1-31-22-36(15-17-63(31)37-10-12-44(58-27-37)51(5,6)52(53,54)55)62-18-19-64(32(2)28-62)41-11-9-35(23-33(41)8-13-45(56)68)59-46-49(70)61(7)29-40(60-46)38-14-16-57-47(39(38)30-67)66-21-20-65-42(48(66)69)24-34-25-50(3,4)26-43(34)65/h8-14,16,23-24,27,29,31-32,36,67H,15,17-22,25-26,28,30H2,1-7H3,(H2,56,68)(H,59,60)/t31-,32+,36?/m1/s1. The third-order valence-corrected chi connectivity index (χ3v) is 14.9. The lowest BCUT2D eigenvalue weighted by atomic mass is 9.88. The number of alkyl halides is 3. The van der Waals surface area contributed by atoms with Gasteiger partial charge in [-0.2, -0.15) is 13.2 Å². The van der Waals surface area contributed by atoms with Crippen LogP contribution in [0.3, 0.4) is 0 Å². The third kappa shape index (κ3) is 9.06. The first-order valence-electron chi connectivity index (χ1n) is 24.0. The zero-order chi connectivity index (χ0) is 50.0. The molecule has 70 heavy (non-hydrogen) atoms. The number of pyridine rings is 2. The van der Waals surface area contributed by atoms with Gasteiger partial charge < -0.3 is 35.1 Å². The Morgan fingerprint density at radius 2 is 1.76 bits per heavy atom. The molecule has 2 amide bonds. The first-order chi connectivity index (χ1) is 33.1. The number of piperidine rings is 1. The molecule has 3 aliphatic heterocycles. The number of aromatic nitrogens is 5. The van der Waals surface area contributed by atoms with Crippen molar-refractivity contribution in [2.24, 2.45) is 18.2 Å². The van der Waals surface area contributed by atoms with Crippen LogP contribution >= 0.6 is 0 Å². The summed E-state index contributed by atoms with van der Waals surface area (Å²) in [6.07, 6.45) is 6.93. The number of benzene rings is 1. The van der Waals surface area contributed by atoms with Crippen molar-refractivity contribution in [2.75, 3.05) is 52.7 Å². The van der Waals surface area contributed by atoms with E-state index >= 15 is 0 Å². The fourth-order valence-electron chi connectivity index (χ4n) is 11.0. The number of anilines is 5. The lowest BCUT2D eigenvalue weighted by Crippen LogP contribution is -2.58. The van der Waals surface area contributed by atoms with E-state index in [0.29, 0.717) is 65.3 Å².